The van der Waals surface area contributed by atoms with Gasteiger partial charge in [-0.3, -0.25) is 4.39 Å². The number of hydrogen-bond donors (Lipinski definition) is 0. The first kappa shape index (κ1) is 24.1. The minimum atomic E-state index is -0.995. The Morgan fingerprint density at radius 3 is 2.40 bits per heavy atom. The predicted octanol–water partition coefficient (Wildman–Crippen LogP) is 7.75. The van der Waals surface area contributed by atoms with Crippen LogP contribution in [0.5, 0.6) is 0 Å². The second-order valence-electron chi connectivity index (χ2n) is 9.66. The van der Waals surface area contributed by atoms with Crippen LogP contribution in [0.15, 0.2) is 60.7 Å². The van der Waals surface area contributed by atoms with Crippen LogP contribution in [-0.4, -0.2) is 31.2 Å². The van der Waals surface area contributed by atoms with Crippen LogP contribution in [0.25, 0.3) is 11.1 Å². The van der Waals surface area contributed by atoms with Crippen molar-refractivity contribution in [1.82, 2.24) is 4.90 Å². The number of nitrogens with zero attached hydrogens (tertiary/aromatic N) is 1. The number of halogens is 4. The first-order valence-corrected chi connectivity index (χ1v) is 12.8. The lowest BCUT2D eigenvalue weighted by molar-refractivity contribution is 0.0968. The molecule has 0 aromatic heterocycles. The van der Waals surface area contributed by atoms with E-state index in [-0.39, 0.29) is 17.3 Å². The first-order valence-electron chi connectivity index (χ1n) is 12.4. The number of benzene rings is 3. The normalized spacial score (nSPS) is 16.7. The fraction of sp³-hybridized carbons (Fsp3) is 0.333. The highest BCUT2D eigenvalue weighted by Crippen LogP contribution is 2.41. The summed E-state index contributed by atoms with van der Waals surface area (Å²) in [7, 11) is 0. The number of hydrogen-bond acceptors (Lipinski definition) is 1. The molecule has 0 bridgehead atoms. The number of alkyl halides is 1. The van der Waals surface area contributed by atoms with Gasteiger partial charge in [0.15, 0.2) is 11.6 Å². The average molecular weight is 496 g/mol. The summed E-state index contributed by atoms with van der Waals surface area (Å²) < 4.78 is 41.9. The molecule has 0 atom stereocenters. The second kappa shape index (κ2) is 10.6. The van der Waals surface area contributed by atoms with Crippen molar-refractivity contribution in [2.24, 2.45) is 5.92 Å². The third-order valence-corrected chi connectivity index (χ3v) is 7.52. The highest BCUT2D eigenvalue weighted by Gasteiger charge is 2.27. The molecule has 1 heterocycles. The Hall–Kier alpha value is -2.56. The van der Waals surface area contributed by atoms with Gasteiger partial charge in [0.1, 0.15) is 0 Å². The molecule has 5 heteroatoms. The summed E-state index contributed by atoms with van der Waals surface area (Å²) in [5, 5.41) is -0.203. The summed E-state index contributed by atoms with van der Waals surface area (Å²) in [5.41, 5.74) is 6.63. The first-order chi connectivity index (χ1) is 17.0. The van der Waals surface area contributed by atoms with Crippen LogP contribution in [0.1, 0.15) is 47.1 Å². The summed E-state index contributed by atoms with van der Waals surface area (Å²) >= 11 is 5.85. The maximum Gasteiger partial charge on any atom is 0.178 e. The fourth-order valence-corrected chi connectivity index (χ4v) is 5.64. The minimum absolute atomic E-state index is 0.203. The monoisotopic (exact) mass is 495 g/mol. The van der Waals surface area contributed by atoms with E-state index in [0.29, 0.717) is 18.8 Å². The molecule has 2 aliphatic rings. The standard InChI is InChI=1S/C30H29ClF3N/c31-27-14-13-26(29(33)30(27)34)25-8-3-6-22-5-1-2-7-24(22)28(25)23-11-9-20(10-12-23)17-21-18-35(19-21)16-4-15-32/h1-2,5,7,9-14,21H,3-4,6,8,15-19H2. The quantitative estimate of drug-likeness (QED) is 0.303. The van der Waals surface area contributed by atoms with Gasteiger partial charge in [0, 0.05) is 25.2 Å². The van der Waals surface area contributed by atoms with Crippen LogP contribution in [0.3, 0.4) is 0 Å². The van der Waals surface area contributed by atoms with Gasteiger partial charge >= 0.3 is 0 Å². The van der Waals surface area contributed by atoms with Crippen molar-refractivity contribution in [3.8, 4) is 0 Å². The highest BCUT2D eigenvalue weighted by molar-refractivity contribution is 6.30. The van der Waals surface area contributed by atoms with E-state index in [2.05, 4.69) is 41.3 Å². The molecule has 0 N–H and O–H groups in total. The Balaban J connectivity index is 1.49. The molecular weight excluding hydrogens is 467 g/mol. The van der Waals surface area contributed by atoms with Crippen molar-refractivity contribution in [3.63, 3.8) is 0 Å². The molecule has 1 aliphatic carbocycles. The molecule has 1 nitrogen and oxygen atoms in total. The van der Waals surface area contributed by atoms with Crippen LogP contribution in [0.4, 0.5) is 13.2 Å². The lowest BCUT2D eigenvalue weighted by atomic mass is 9.86. The third-order valence-electron chi connectivity index (χ3n) is 7.23. The molecule has 0 amide bonds. The van der Waals surface area contributed by atoms with Crippen LogP contribution < -0.4 is 0 Å². The van der Waals surface area contributed by atoms with Gasteiger partial charge < -0.3 is 4.90 Å². The van der Waals surface area contributed by atoms with Crippen molar-refractivity contribution in [2.45, 2.75) is 32.1 Å². The summed E-state index contributed by atoms with van der Waals surface area (Å²) in [6.07, 6.45) is 4.00. The molecule has 3 aromatic rings. The fourth-order valence-electron chi connectivity index (χ4n) is 5.50. The van der Waals surface area contributed by atoms with Gasteiger partial charge in [0.05, 0.1) is 11.7 Å². The molecule has 0 unspecified atom stereocenters. The van der Waals surface area contributed by atoms with Crippen LogP contribution in [0.2, 0.25) is 5.02 Å². The number of likely N-dealkylation sites (tertiary alicyclic amines) is 1. The highest BCUT2D eigenvalue weighted by atomic mass is 35.5. The molecule has 182 valence electrons. The van der Waals surface area contributed by atoms with Crippen LogP contribution in [-0.2, 0) is 12.8 Å². The number of rotatable bonds is 7. The van der Waals surface area contributed by atoms with Crippen LogP contribution >= 0.6 is 11.6 Å². The van der Waals surface area contributed by atoms with E-state index in [9.17, 15) is 8.78 Å². The molecule has 1 aliphatic heterocycles. The molecule has 1 saturated heterocycles. The zero-order valence-electron chi connectivity index (χ0n) is 19.7. The molecule has 0 radical (unpaired) electrons. The molecule has 35 heavy (non-hydrogen) atoms. The SMILES string of the molecule is FCCCN1CC(Cc2ccc(C3=C(c4ccc(Cl)c(F)c4F)CCCc4ccccc43)cc2)C1. The van der Waals surface area contributed by atoms with E-state index in [1.165, 1.54) is 17.2 Å². The van der Waals surface area contributed by atoms with E-state index in [1.807, 2.05) is 12.1 Å². The minimum Gasteiger partial charge on any atom is -0.303 e. The number of allylic oxidation sites excluding steroid dienone is 1. The van der Waals surface area contributed by atoms with Crippen LogP contribution in [0, 0.1) is 17.6 Å². The van der Waals surface area contributed by atoms with E-state index in [0.717, 1.165) is 61.2 Å². The Morgan fingerprint density at radius 2 is 1.63 bits per heavy atom. The van der Waals surface area contributed by atoms with Gasteiger partial charge in [-0.05, 0) is 77.5 Å². The summed E-state index contributed by atoms with van der Waals surface area (Å²) in [6, 6.07) is 19.8. The molecule has 3 aromatic carbocycles. The largest absolute Gasteiger partial charge is 0.303 e. The maximum absolute atomic E-state index is 15.1. The summed E-state index contributed by atoms with van der Waals surface area (Å²) in [5.74, 6) is -1.28. The van der Waals surface area contributed by atoms with E-state index < -0.39 is 11.6 Å². The van der Waals surface area contributed by atoms with Crippen molar-refractivity contribution >= 4 is 22.7 Å². The number of aryl methyl sites for hydroxylation is 1. The molecular formula is C30H29ClF3N. The molecule has 5 rings (SSSR count). The Bertz CT molecular complexity index is 1230. The maximum atomic E-state index is 15.1. The third kappa shape index (κ3) is 5.05. The molecule has 0 saturated carbocycles. The van der Waals surface area contributed by atoms with Gasteiger partial charge in [0.2, 0.25) is 0 Å². The Labute approximate surface area is 210 Å². The molecule has 1 fully saturated rings. The van der Waals surface area contributed by atoms with E-state index in [4.69, 9.17) is 11.6 Å². The van der Waals surface area contributed by atoms with Crippen molar-refractivity contribution < 1.29 is 13.2 Å². The Kier molecular flexibility index (Phi) is 7.31. The lowest BCUT2D eigenvalue weighted by Gasteiger charge is -2.39. The summed E-state index contributed by atoms with van der Waals surface area (Å²) in [6.45, 7) is 2.62. The van der Waals surface area contributed by atoms with E-state index >= 15 is 4.39 Å². The van der Waals surface area contributed by atoms with Gasteiger partial charge in [-0.25, -0.2) is 8.78 Å². The Morgan fingerprint density at radius 1 is 0.857 bits per heavy atom. The smallest absolute Gasteiger partial charge is 0.178 e. The van der Waals surface area contributed by atoms with Crippen molar-refractivity contribution in [3.05, 3.63) is 105 Å². The van der Waals surface area contributed by atoms with Crippen molar-refractivity contribution in [2.75, 3.05) is 26.3 Å². The number of fused-ring (bicyclic) bond motifs is 1. The molecule has 0 spiro atoms. The van der Waals surface area contributed by atoms with E-state index in [1.54, 1.807) is 6.07 Å². The van der Waals surface area contributed by atoms with Crippen molar-refractivity contribution in [1.29, 1.82) is 0 Å². The zero-order valence-corrected chi connectivity index (χ0v) is 20.4. The predicted molar refractivity (Wildman–Crippen MR) is 137 cm³/mol. The zero-order chi connectivity index (χ0) is 24.4. The van der Waals surface area contributed by atoms with Gasteiger partial charge in [-0.2, -0.15) is 0 Å². The average Bonchev–Trinajstić information content (AvgIpc) is 3.04. The van der Waals surface area contributed by atoms with Gasteiger partial charge in [0.25, 0.3) is 0 Å². The summed E-state index contributed by atoms with van der Waals surface area (Å²) in [4.78, 5) is 2.30. The second-order valence-corrected chi connectivity index (χ2v) is 10.1. The van der Waals surface area contributed by atoms with Gasteiger partial charge in [-0.15, -0.1) is 0 Å². The topological polar surface area (TPSA) is 3.24 Å². The van der Waals surface area contributed by atoms with Gasteiger partial charge in [-0.1, -0.05) is 66.2 Å². The lowest BCUT2D eigenvalue weighted by Crippen LogP contribution is -2.47.